The van der Waals surface area contributed by atoms with Crippen LogP contribution in [-0.4, -0.2) is 24.5 Å². The van der Waals surface area contributed by atoms with Crippen LogP contribution < -0.4 is 0 Å². The van der Waals surface area contributed by atoms with Crippen molar-refractivity contribution in [3.63, 3.8) is 0 Å². The lowest BCUT2D eigenvalue weighted by Crippen LogP contribution is -2.12. The van der Waals surface area contributed by atoms with Crippen LogP contribution in [0.15, 0.2) is 9.98 Å². The second kappa shape index (κ2) is 4.27. The molecular formula is C9H16N2. The van der Waals surface area contributed by atoms with E-state index in [1.807, 2.05) is 6.21 Å². The van der Waals surface area contributed by atoms with Crippen molar-refractivity contribution in [2.45, 2.75) is 39.2 Å². The van der Waals surface area contributed by atoms with Gasteiger partial charge in [-0.2, -0.15) is 0 Å². The van der Waals surface area contributed by atoms with Gasteiger partial charge >= 0.3 is 0 Å². The van der Waals surface area contributed by atoms with Gasteiger partial charge in [0.1, 0.15) is 0 Å². The van der Waals surface area contributed by atoms with E-state index < -0.39 is 0 Å². The van der Waals surface area contributed by atoms with Crippen molar-refractivity contribution in [3.8, 4) is 0 Å². The Morgan fingerprint density at radius 2 is 2.55 bits per heavy atom. The lowest BCUT2D eigenvalue weighted by atomic mass is 10.1. The summed E-state index contributed by atoms with van der Waals surface area (Å²) >= 11 is 0. The topological polar surface area (TPSA) is 24.7 Å². The Kier molecular flexibility index (Phi) is 3.27. The van der Waals surface area contributed by atoms with Gasteiger partial charge in [0.05, 0.1) is 6.54 Å². The molecule has 1 aliphatic rings. The van der Waals surface area contributed by atoms with Crippen LogP contribution in [0.25, 0.3) is 0 Å². The summed E-state index contributed by atoms with van der Waals surface area (Å²) < 4.78 is 0. The molecule has 1 heterocycles. The molecule has 62 valence electrons. The molecule has 1 unspecified atom stereocenters. The molecule has 1 aliphatic heterocycles. The average Bonchev–Trinajstić information content (AvgIpc) is 2.06. The van der Waals surface area contributed by atoms with Gasteiger partial charge in [0.25, 0.3) is 0 Å². The number of hydrogen-bond acceptors (Lipinski definition) is 2. The quantitative estimate of drug-likeness (QED) is 0.579. The highest BCUT2D eigenvalue weighted by atomic mass is 14.8. The van der Waals surface area contributed by atoms with Crippen LogP contribution in [0.4, 0.5) is 0 Å². The van der Waals surface area contributed by atoms with Crippen molar-refractivity contribution in [2.75, 3.05) is 6.54 Å². The van der Waals surface area contributed by atoms with Crippen LogP contribution in [0.2, 0.25) is 0 Å². The Morgan fingerprint density at radius 1 is 1.73 bits per heavy atom. The van der Waals surface area contributed by atoms with E-state index in [1.54, 1.807) is 0 Å². The van der Waals surface area contributed by atoms with Crippen molar-refractivity contribution >= 4 is 11.9 Å². The minimum absolute atomic E-state index is 0.485. The summed E-state index contributed by atoms with van der Waals surface area (Å²) in [4.78, 5) is 8.75. The summed E-state index contributed by atoms with van der Waals surface area (Å²) in [5.74, 6) is 0. The van der Waals surface area contributed by atoms with E-state index in [1.165, 1.54) is 5.71 Å². The first-order chi connectivity index (χ1) is 5.33. The third-order valence-electron chi connectivity index (χ3n) is 1.96. The van der Waals surface area contributed by atoms with Gasteiger partial charge in [0.15, 0.2) is 0 Å². The summed E-state index contributed by atoms with van der Waals surface area (Å²) in [5.41, 5.74) is 1.28. The van der Waals surface area contributed by atoms with Gasteiger partial charge in [-0.25, -0.2) is 0 Å². The normalized spacial score (nSPS) is 24.0. The highest BCUT2D eigenvalue weighted by Gasteiger charge is 2.03. The summed E-state index contributed by atoms with van der Waals surface area (Å²) in [6.45, 7) is 5.16. The molecule has 2 heteroatoms. The van der Waals surface area contributed by atoms with Crippen molar-refractivity contribution < 1.29 is 0 Å². The Labute approximate surface area is 68.4 Å². The number of rotatable bonds is 2. The molecule has 2 nitrogen and oxygen atoms in total. The van der Waals surface area contributed by atoms with Crippen LogP contribution in [0.1, 0.15) is 33.1 Å². The number of hydrogen-bond donors (Lipinski definition) is 0. The summed E-state index contributed by atoms with van der Waals surface area (Å²) in [6.07, 6.45) is 5.33. The maximum absolute atomic E-state index is 4.56. The molecule has 1 atom stereocenters. The van der Waals surface area contributed by atoms with E-state index in [0.29, 0.717) is 6.04 Å². The Balaban J connectivity index is 2.45. The first-order valence-corrected chi connectivity index (χ1v) is 4.36. The van der Waals surface area contributed by atoms with Gasteiger partial charge in [-0.15, -0.1) is 0 Å². The molecule has 0 saturated heterocycles. The molecule has 0 aromatic carbocycles. The van der Waals surface area contributed by atoms with Crippen molar-refractivity contribution in [1.29, 1.82) is 0 Å². The summed E-state index contributed by atoms with van der Waals surface area (Å²) in [7, 11) is 0. The number of nitrogens with zero attached hydrogens (tertiary/aromatic N) is 2. The van der Waals surface area contributed by atoms with Gasteiger partial charge < -0.3 is 0 Å². The molecule has 11 heavy (non-hydrogen) atoms. The predicted molar refractivity (Wildman–Crippen MR) is 49.8 cm³/mol. The largest absolute Gasteiger partial charge is 0.292 e. The zero-order valence-corrected chi connectivity index (χ0v) is 7.38. The smallest absolute Gasteiger partial charge is 0.0764 e. The van der Waals surface area contributed by atoms with Crippen LogP contribution in [0.5, 0.6) is 0 Å². The van der Waals surface area contributed by atoms with Gasteiger partial charge in [0, 0.05) is 11.8 Å². The van der Waals surface area contributed by atoms with E-state index in [2.05, 4.69) is 23.8 Å². The molecule has 0 aliphatic carbocycles. The zero-order chi connectivity index (χ0) is 8.10. The molecule has 0 bridgehead atoms. The fourth-order valence-electron chi connectivity index (χ4n) is 1.08. The molecule has 0 fully saturated rings. The number of aliphatic imine (C=N–C) groups is 2. The molecule has 0 amide bonds. The Hall–Kier alpha value is -0.660. The monoisotopic (exact) mass is 152 g/mol. The highest BCUT2D eigenvalue weighted by Crippen LogP contribution is 2.03. The van der Waals surface area contributed by atoms with Crippen molar-refractivity contribution in [2.24, 2.45) is 9.98 Å². The van der Waals surface area contributed by atoms with Crippen molar-refractivity contribution in [1.82, 2.24) is 0 Å². The van der Waals surface area contributed by atoms with Gasteiger partial charge in [-0.3, -0.25) is 9.98 Å². The second-order valence-electron chi connectivity index (χ2n) is 3.01. The molecule has 0 radical (unpaired) electrons. The highest BCUT2D eigenvalue weighted by molar-refractivity contribution is 5.91. The van der Waals surface area contributed by atoms with Crippen LogP contribution >= 0.6 is 0 Å². The molecular weight excluding hydrogens is 136 g/mol. The average molecular weight is 152 g/mol. The Bertz CT molecular complexity index is 170. The van der Waals surface area contributed by atoms with Crippen LogP contribution in [0, 0.1) is 0 Å². The fourth-order valence-corrected chi connectivity index (χ4v) is 1.08. The first kappa shape index (κ1) is 8.44. The van der Waals surface area contributed by atoms with Gasteiger partial charge in [-0.1, -0.05) is 6.92 Å². The molecule has 0 spiro atoms. The SMILES string of the molecule is CCC(C)N=C1CCC=NC1. The molecule has 1 rings (SSSR count). The molecule has 0 aromatic heterocycles. The standard InChI is InChI=1S/C9H16N2/c1-3-8(2)11-9-5-4-6-10-7-9/h6,8H,3-5,7H2,1-2H3. The van der Waals surface area contributed by atoms with Crippen LogP contribution in [-0.2, 0) is 0 Å². The summed E-state index contributed by atoms with van der Waals surface area (Å²) in [6, 6.07) is 0.485. The van der Waals surface area contributed by atoms with E-state index in [9.17, 15) is 0 Å². The third kappa shape index (κ3) is 2.83. The van der Waals surface area contributed by atoms with E-state index in [4.69, 9.17) is 0 Å². The van der Waals surface area contributed by atoms with E-state index in [-0.39, 0.29) is 0 Å². The molecule has 0 aromatic rings. The lowest BCUT2D eigenvalue weighted by molar-refractivity contribution is 0.711. The second-order valence-corrected chi connectivity index (χ2v) is 3.01. The predicted octanol–water partition coefficient (Wildman–Crippen LogP) is 2.09. The lowest BCUT2D eigenvalue weighted by Gasteiger charge is -2.09. The maximum atomic E-state index is 4.56. The van der Waals surface area contributed by atoms with Gasteiger partial charge in [-0.05, 0) is 32.4 Å². The maximum Gasteiger partial charge on any atom is 0.0764 e. The van der Waals surface area contributed by atoms with E-state index >= 15 is 0 Å². The minimum Gasteiger partial charge on any atom is -0.292 e. The van der Waals surface area contributed by atoms with E-state index in [0.717, 1.165) is 25.8 Å². The van der Waals surface area contributed by atoms with Crippen LogP contribution in [0.3, 0.4) is 0 Å². The third-order valence-corrected chi connectivity index (χ3v) is 1.96. The molecule has 0 N–H and O–H groups in total. The Morgan fingerprint density at radius 3 is 3.09 bits per heavy atom. The zero-order valence-electron chi connectivity index (χ0n) is 7.38. The minimum atomic E-state index is 0.485. The van der Waals surface area contributed by atoms with Gasteiger partial charge in [0.2, 0.25) is 0 Å². The first-order valence-electron chi connectivity index (χ1n) is 4.36. The summed E-state index contributed by atoms with van der Waals surface area (Å²) in [5, 5.41) is 0. The fraction of sp³-hybridized carbons (Fsp3) is 0.778. The molecule has 0 saturated carbocycles. The van der Waals surface area contributed by atoms with Crippen molar-refractivity contribution in [3.05, 3.63) is 0 Å².